The molecule has 0 radical (unpaired) electrons. The molecule has 0 N–H and O–H groups in total. The van der Waals surface area contributed by atoms with Gasteiger partial charge in [0.25, 0.3) is 0 Å². The Morgan fingerprint density at radius 2 is 0.490 bits per heavy atom. The zero-order chi connectivity index (χ0) is 66.0. The summed E-state index contributed by atoms with van der Waals surface area (Å²) >= 11 is 0. The molecule has 0 saturated heterocycles. The van der Waals surface area contributed by atoms with Gasteiger partial charge in [-0.1, -0.05) is 121 Å². The van der Waals surface area contributed by atoms with Gasteiger partial charge >= 0.3 is 0 Å². The van der Waals surface area contributed by atoms with Crippen LogP contribution in [0, 0.1) is 0 Å². The molecule has 11 heterocycles. The van der Waals surface area contributed by atoms with Crippen molar-refractivity contribution in [1.29, 1.82) is 0 Å². The number of fused-ring (bicyclic) bond motifs is 12. The lowest BCUT2D eigenvalue weighted by atomic mass is 10.0. The molecular weight excluding hydrogens is 1220 g/mol. The highest BCUT2D eigenvalue weighted by Crippen LogP contribution is 2.42. The molecule has 0 bridgehead atoms. The van der Waals surface area contributed by atoms with Gasteiger partial charge in [0.15, 0.2) is 0 Å². The third kappa shape index (κ3) is 9.94. The lowest BCUT2D eigenvalue weighted by Crippen LogP contribution is -1.99. The van der Waals surface area contributed by atoms with E-state index in [1.54, 1.807) is 12.4 Å². The van der Waals surface area contributed by atoms with Crippen molar-refractivity contribution < 1.29 is 0 Å². The van der Waals surface area contributed by atoms with Gasteiger partial charge in [-0.15, -0.1) is 0 Å². The van der Waals surface area contributed by atoms with Gasteiger partial charge in [0.05, 0.1) is 95.0 Å². The van der Waals surface area contributed by atoms with E-state index in [0.29, 0.717) is 0 Å². The predicted octanol–water partition coefficient (Wildman–Crippen LogP) is 21.5. The van der Waals surface area contributed by atoms with E-state index in [9.17, 15) is 0 Å². The first-order chi connectivity index (χ1) is 49.6. The highest BCUT2D eigenvalue weighted by atomic mass is 15.0. The molecule has 0 aliphatic heterocycles. The minimum Gasteiger partial charge on any atom is -0.309 e. The molecule has 0 fully saturated rings. The summed E-state index contributed by atoms with van der Waals surface area (Å²) < 4.78 is 9.30. The van der Waals surface area contributed by atoms with Crippen molar-refractivity contribution in [2.24, 2.45) is 0 Å². The van der Waals surface area contributed by atoms with Gasteiger partial charge in [0.1, 0.15) is 0 Å². The first kappa shape index (κ1) is 57.7. The Morgan fingerprint density at radius 1 is 0.170 bits per heavy atom. The Morgan fingerprint density at radius 3 is 0.900 bits per heavy atom. The number of hydrogen-bond acceptors (Lipinski definition) is 7. The zero-order valence-corrected chi connectivity index (χ0v) is 53.8. The minimum atomic E-state index is 0.780. The molecule has 0 aliphatic carbocycles. The SMILES string of the molecule is c1ccc(-n2c3ccccc3c3cc(-c4ccc5c(c4)c4ncccc4n5-c4cc(-c5ccccn5)cc(-c5ccccn5)c4)ccc32)cc1.c1ccc(-n2c3ccccc3c3cc(-c4ccc5c(c4)c4ncccc4n5-c4cc(-c5ccccn5)nc(-c5ccccn5)c4)ccc32)cc1. The highest BCUT2D eigenvalue weighted by Gasteiger charge is 2.22. The summed E-state index contributed by atoms with van der Waals surface area (Å²) in [6.07, 6.45) is 11.0. The summed E-state index contributed by atoms with van der Waals surface area (Å²) in [4.78, 5) is 33.5. The third-order valence-electron chi connectivity index (χ3n) is 19.1. The number of pyridine rings is 7. The number of hydrogen-bond donors (Lipinski definition) is 0. The van der Waals surface area contributed by atoms with Crippen LogP contribution >= 0.6 is 0 Å². The number of nitrogens with zero attached hydrogens (tertiary/aromatic N) is 11. The van der Waals surface area contributed by atoms with Crippen LogP contribution in [0.1, 0.15) is 0 Å². The molecule has 0 aliphatic rings. The summed E-state index contributed by atoms with van der Waals surface area (Å²) in [7, 11) is 0. The summed E-state index contributed by atoms with van der Waals surface area (Å²) in [6.45, 7) is 0. The molecule has 20 rings (SSSR count). The van der Waals surface area contributed by atoms with Crippen LogP contribution in [0.5, 0.6) is 0 Å². The van der Waals surface area contributed by atoms with Gasteiger partial charge in [0.2, 0.25) is 0 Å². The largest absolute Gasteiger partial charge is 0.309 e. The van der Waals surface area contributed by atoms with Crippen LogP contribution in [0.2, 0.25) is 0 Å². The maximum Gasteiger partial charge on any atom is 0.0963 e. The van der Waals surface area contributed by atoms with Gasteiger partial charge in [-0.2, -0.15) is 0 Å². The quantitative estimate of drug-likeness (QED) is 0.134. The second kappa shape index (κ2) is 24.2. The van der Waals surface area contributed by atoms with E-state index in [-0.39, 0.29) is 0 Å². The average Bonchev–Trinajstić information content (AvgIpc) is 1.60. The second-order valence-corrected chi connectivity index (χ2v) is 24.9. The van der Waals surface area contributed by atoms with Gasteiger partial charge in [-0.3, -0.25) is 29.9 Å². The molecule has 468 valence electrons. The molecule has 11 nitrogen and oxygen atoms in total. The highest BCUT2D eigenvalue weighted by molar-refractivity contribution is 6.14. The molecule has 11 heteroatoms. The van der Waals surface area contributed by atoms with Crippen molar-refractivity contribution in [1.82, 2.24) is 53.2 Å². The van der Waals surface area contributed by atoms with E-state index in [0.717, 1.165) is 129 Å². The fourth-order valence-electron chi connectivity index (χ4n) is 14.6. The number of rotatable bonds is 10. The van der Waals surface area contributed by atoms with E-state index in [4.69, 9.17) is 24.9 Å². The molecule has 0 amide bonds. The minimum absolute atomic E-state index is 0.780. The Labute approximate surface area is 574 Å². The van der Waals surface area contributed by atoms with Crippen molar-refractivity contribution in [3.8, 4) is 90.3 Å². The van der Waals surface area contributed by atoms with Crippen LogP contribution in [0.15, 0.2) is 347 Å². The van der Waals surface area contributed by atoms with E-state index in [2.05, 4.69) is 265 Å². The number of para-hydroxylation sites is 4. The average molecular weight is 1280 g/mol. The van der Waals surface area contributed by atoms with Gasteiger partial charge in [-0.05, 0) is 210 Å². The van der Waals surface area contributed by atoms with Crippen LogP contribution in [0.3, 0.4) is 0 Å². The van der Waals surface area contributed by atoms with Crippen molar-refractivity contribution in [2.45, 2.75) is 0 Å². The fraction of sp³-hybridized carbons (Fsp3) is 0. The van der Waals surface area contributed by atoms with Crippen molar-refractivity contribution >= 4 is 87.5 Å². The monoisotopic (exact) mass is 1280 g/mol. The van der Waals surface area contributed by atoms with Crippen LogP contribution in [0.4, 0.5) is 0 Å². The van der Waals surface area contributed by atoms with E-state index in [1.165, 1.54) is 49.2 Å². The zero-order valence-electron chi connectivity index (χ0n) is 53.8. The molecule has 0 atom stereocenters. The molecule has 20 aromatic rings. The standard InChI is InChI=1S/C45H29N5.C44H28N6/c1-2-11-34(12-3-1)49-41-16-5-4-13-36(41)37-28-30(18-20-42(37)49)31-19-21-43-38(29-31)45-44(17-10-24-48-45)50(43)35-26-32(39-14-6-8-22-46-39)25-33(27-35)40-15-7-9-23-47-40;1-2-11-31(12-3-1)49-40-16-5-4-13-33(40)34-25-29(18-20-41(34)49)30-19-21-42-35(26-30)44-43(17-10-24-47-44)50(42)32-27-38(36-14-6-8-22-45-36)48-39(28-32)37-15-7-9-23-46-37/h1-29H;1-28H. The van der Waals surface area contributed by atoms with E-state index in [1.807, 2.05) is 97.6 Å². The normalized spacial score (nSPS) is 11.6. The molecule has 0 unspecified atom stereocenters. The Hall–Kier alpha value is -13.8. The first-order valence-electron chi connectivity index (χ1n) is 33.4. The third-order valence-corrected chi connectivity index (χ3v) is 19.1. The number of aromatic nitrogens is 11. The maximum absolute atomic E-state index is 5.01. The van der Waals surface area contributed by atoms with E-state index >= 15 is 0 Å². The molecule has 11 aromatic heterocycles. The Kier molecular flexibility index (Phi) is 13.9. The molecule has 100 heavy (non-hydrogen) atoms. The van der Waals surface area contributed by atoms with Gasteiger partial charge in [-0.25, -0.2) is 4.98 Å². The topological polar surface area (TPSA) is 110 Å². The van der Waals surface area contributed by atoms with Gasteiger partial charge in [0, 0.05) is 97.7 Å². The lowest BCUT2D eigenvalue weighted by molar-refractivity contribution is 1.14. The molecule has 0 spiro atoms. The van der Waals surface area contributed by atoms with Crippen molar-refractivity contribution in [2.75, 3.05) is 0 Å². The van der Waals surface area contributed by atoms with Crippen LogP contribution < -0.4 is 0 Å². The Bertz CT molecular complexity index is 5990. The van der Waals surface area contributed by atoms with Crippen LogP contribution in [-0.2, 0) is 0 Å². The number of benzene rings is 9. The summed E-state index contributed by atoms with van der Waals surface area (Å²) in [6, 6.07) is 109. The molecule has 9 aromatic carbocycles. The molecular formula is C89H57N11. The first-order valence-corrected chi connectivity index (χ1v) is 33.4. The predicted molar refractivity (Wildman–Crippen MR) is 407 cm³/mol. The lowest BCUT2D eigenvalue weighted by Gasteiger charge is -2.13. The summed E-state index contributed by atoms with van der Waals surface area (Å²) in [5.41, 5.74) is 26.9. The van der Waals surface area contributed by atoms with Crippen LogP contribution in [-0.4, -0.2) is 53.2 Å². The summed E-state index contributed by atoms with van der Waals surface area (Å²) in [5, 5.41) is 7.12. The Balaban J connectivity index is 0.000000139. The smallest absolute Gasteiger partial charge is 0.0963 e. The van der Waals surface area contributed by atoms with E-state index < -0.39 is 0 Å². The van der Waals surface area contributed by atoms with Gasteiger partial charge < -0.3 is 18.3 Å². The van der Waals surface area contributed by atoms with Crippen molar-refractivity contribution in [3.63, 3.8) is 0 Å². The fourth-order valence-corrected chi connectivity index (χ4v) is 14.6. The maximum atomic E-state index is 5.01. The van der Waals surface area contributed by atoms with Crippen molar-refractivity contribution in [3.05, 3.63) is 347 Å². The summed E-state index contributed by atoms with van der Waals surface area (Å²) in [5.74, 6) is 0. The second-order valence-electron chi connectivity index (χ2n) is 24.9. The van der Waals surface area contributed by atoms with Crippen LogP contribution in [0.25, 0.3) is 178 Å². The molecule has 0 saturated carbocycles.